The molecule has 0 spiro atoms. The number of sulfonamides is 1. The van der Waals surface area contributed by atoms with E-state index in [1.54, 1.807) is 42.5 Å². The molecule has 38 heavy (non-hydrogen) atoms. The first-order valence-corrected chi connectivity index (χ1v) is 13.4. The molecule has 0 aliphatic carbocycles. The Morgan fingerprint density at radius 2 is 1.71 bits per heavy atom. The molecular weight excluding hydrogens is 510 g/mol. The van der Waals surface area contributed by atoms with Crippen molar-refractivity contribution in [1.29, 1.82) is 0 Å². The van der Waals surface area contributed by atoms with Crippen LogP contribution in [0.4, 0.5) is 11.4 Å². The summed E-state index contributed by atoms with van der Waals surface area (Å²) in [5.41, 5.74) is 1.66. The summed E-state index contributed by atoms with van der Waals surface area (Å²) in [6, 6.07) is 19.9. The molecule has 1 N–H and O–H groups in total. The van der Waals surface area contributed by atoms with Crippen LogP contribution in [0.25, 0.3) is 11.3 Å². The third kappa shape index (κ3) is 4.41. The minimum atomic E-state index is -3.85. The van der Waals surface area contributed by atoms with Gasteiger partial charge < -0.3 is 24.1 Å². The van der Waals surface area contributed by atoms with Gasteiger partial charge in [-0.25, -0.2) is 8.42 Å². The summed E-state index contributed by atoms with van der Waals surface area (Å²) < 4.78 is 50.5. The average molecular weight is 534 g/mol. The number of ether oxygens (including phenoxy) is 3. The first kappa shape index (κ1) is 23.9. The molecule has 0 fully saturated rings. The van der Waals surface area contributed by atoms with Crippen LogP contribution in [0.1, 0.15) is 17.4 Å². The molecule has 10 nitrogen and oxygen atoms in total. The SMILES string of the molecule is CC1CN(S(=O)(=O)c2ccc(NC(=O)c3cc(-c4ccc5c(c4)OCCO5)on3)cc2)c2ccccc2O1. The second kappa shape index (κ2) is 9.42. The monoisotopic (exact) mass is 533 g/mol. The number of rotatable bonds is 5. The predicted octanol–water partition coefficient (Wildman–Crippen LogP) is 4.34. The highest BCUT2D eigenvalue weighted by Gasteiger charge is 2.32. The van der Waals surface area contributed by atoms with Crippen molar-refractivity contribution in [3.05, 3.63) is 78.5 Å². The normalized spacial score (nSPS) is 16.3. The summed E-state index contributed by atoms with van der Waals surface area (Å²) in [7, 11) is -3.85. The Balaban J connectivity index is 1.17. The second-order valence-electron chi connectivity index (χ2n) is 8.85. The summed E-state index contributed by atoms with van der Waals surface area (Å²) in [5.74, 6) is 1.66. The van der Waals surface area contributed by atoms with E-state index in [1.165, 1.54) is 34.6 Å². The van der Waals surface area contributed by atoms with Crippen LogP contribution in [0, 0.1) is 0 Å². The number of nitrogens with zero attached hydrogens (tertiary/aromatic N) is 2. The molecule has 1 aromatic heterocycles. The van der Waals surface area contributed by atoms with Crippen LogP contribution < -0.4 is 23.8 Å². The Morgan fingerprint density at radius 3 is 2.53 bits per heavy atom. The van der Waals surface area contributed by atoms with E-state index in [9.17, 15) is 13.2 Å². The number of anilines is 2. The van der Waals surface area contributed by atoms with E-state index >= 15 is 0 Å². The minimum Gasteiger partial charge on any atom is -0.487 e. The van der Waals surface area contributed by atoms with Crippen molar-refractivity contribution in [2.45, 2.75) is 17.9 Å². The Kier molecular flexibility index (Phi) is 5.91. The fraction of sp³-hybridized carbons (Fsp3) is 0.185. The van der Waals surface area contributed by atoms with Gasteiger partial charge in [0.1, 0.15) is 25.1 Å². The molecular formula is C27H23N3O7S. The van der Waals surface area contributed by atoms with Crippen LogP contribution in [0.3, 0.4) is 0 Å². The van der Waals surface area contributed by atoms with Crippen molar-refractivity contribution in [1.82, 2.24) is 5.16 Å². The third-order valence-corrected chi connectivity index (χ3v) is 7.95. The zero-order chi connectivity index (χ0) is 26.3. The van der Waals surface area contributed by atoms with Gasteiger partial charge >= 0.3 is 0 Å². The van der Waals surface area contributed by atoms with E-state index < -0.39 is 15.9 Å². The molecule has 6 rings (SSSR count). The lowest BCUT2D eigenvalue weighted by Crippen LogP contribution is -2.42. The van der Waals surface area contributed by atoms with E-state index in [2.05, 4.69) is 10.5 Å². The molecule has 3 heterocycles. The van der Waals surface area contributed by atoms with Gasteiger partial charge in [0, 0.05) is 17.3 Å². The first-order valence-electron chi connectivity index (χ1n) is 11.9. The van der Waals surface area contributed by atoms with Crippen molar-refractivity contribution in [2.75, 3.05) is 29.4 Å². The number of fused-ring (bicyclic) bond motifs is 2. The lowest BCUT2D eigenvalue weighted by molar-refractivity contribution is 0.101. The number of carbonyl (C=O) groups is 1. The first-order chi connectivity index (χ1) is 18.4. The number of amides is 1. The zero-order valence-corrected chi connectivity index (χ0v) is 21.1. The fourth-order valence-electron chi connectivity index (χ4n) is 4.32. The molecule has 11 heteroatoms. The van der Waals surface area contributed by atoms with Crippen LogP contribution in [0.15, 0.2) is 82.2 Å². The number of aromatic nitrogens is 1. The van der Waals surface area contributed by atoms with Gasteiger partial charge in [0.05, 0.1) is 17.1 Å². The van der Waals surface area contributed by atoms with Crippen molar-refractivity contribution in [2.24, 2.45) is 0 Å². The van der Waals surface area contributed by atoms with Crippen molar-refractivity contribution >= 4 is 27.3 Å². The summed E-state index contributed by atoms with van der Waals surface area (Å²) >= 11 is 0. The standard InChI is InChI=1S/C27H23N3O7S/c1-17-16-30(22-4-2-3-5-23(22)36-17)38(32,33)20-9-7-19(8-10-20)28-27(31)21-15-25(37-29-21)18-6-11-24-26(14-18)35-13-12-34-24/h2-11,14-15,17H,12-13,16H2,1H3,(H,28,31). The Bertz CT molecular complexity index is 1620. The molecule has 0 saturated carbocycles. The number of hydrogen-bond donors (Lipinski definition) is 1. The summed E-state index contributed by atoms with van der Waals surface area (Å²) in [4.78, 5) is 12.9. The zero-order valence-electron chi connectivity index (χ0n) is 20.3. The van der Waals surface area contributed by atoms with Gasteiger partial charge in [-0.3, -0.25) is 9.10 Å². The lowest BCUT2D eigenvalue weighted by atomic mass is 10.1. The number of benzene rings is 3. The van der Waals surface area contributed by atoms with Crippen LogP contribution in [-0.4, -0.2) is 45.3 Å². The minimum absolute atomic E-state index is 0.0745. The smallest absolute Gasteiger partial charge is 0.277 e. The van der Waals surface area contributed by atoms with Crippen molar-refractivity contribution < 1.29 is 31.9 Å². The number of hydrogen-bond acceptors (Lipinski definition) is 8. The maximum atomic E-state index is 13.4. The highest BCUT2D eigenvalue weighted by molar-refractivity contribution is 7.92. The van der Waals surface area contributed by atoms with E-state index in [0.717, 1.165) is 0 Å². The molecule has 194 valence electrons. The van der Waals surface area contributed by atoms with Gasteiger partial charge in [0.2, 0.25) is 0 Å². The lowest BCUT2D eigenvalue weighted by Gasteiger charge is -2.34. The topological polar surface area (TPSA) is 120 Å². The van der Waals surface area contributed by atoms with E-state index in [-0.39, 0.29) is 23.2 Å². The fourth-order valence-corrected chi connectivity index (χ4v) is 5.87. The van der Waals surface area contributed by atoms with Crippen LogP contribution in [-0.2, 0) is 10.0 Å². The molecule has 0 bridgehead atoms. The van der Waals surface area contributed by atoms with Crippen LogP contribution in [0.5, 0.6) is 17.2 Å². The summed E-state index contributed by atoms with van der Waals surface area (Å²) in [6.45, 7) is 2.96. The summed E-state index contributed by atoms with van der Waals surface area (Å²) in [6.07, 6.45) is -0.298. The van der Waals surface area contributed by atoms with E-state index in [4.69, 9.17) is 18.7 Å². The number of carbonyl (C=O) groups excluding carboxylic acids is 1. The highest BCUT2D eigenvalue weighted by Crippen LogP contribution is 2.37. The maximum absolute atomic E-state index is 13.4. The van der Waals surface area contributed by atoms with Gasteiger partial charge in [0.15, 0.2) is 23.0 Å². The Labute approximate surface area is 218 Å². The average Bonchev–Trinajstić information content (AvgIpc) is 3.43. The molecule has 1 atom stereocenters. The molecule has 3 aromatic carbocycles. The Hall–Kier alpha value is -4.51. The third-order valence-electron chi connectivity index (χ3n) is 6.15. The van der Waals surface area contributed by atoms with Crippen LogP contribution >= 0.6 is 0 Å². The Morgan fingerprint density at radius 1 is 0.947 bits per heavy atom. The van der Waals surface area contributed by atoms with Gasteiger partial charge in [-0.15, -0.1) is 0 Å². The molecule has 0 saturated heterocycles. The largest absolute Gasteiger partial charge is 0.487 e. The van der Waals surface area contributed by atoms with E-state index in [0.29, 0.717) is 53.2 Å². The van der Waals surface area contributed by atoms with Crippen molar-refractivity contribution in [3.8, 4) is 28.6 Å². The van der Waals surface area contributed by atoms with Crippen LogP contribution in [0.2, 0.25) is 0 Å². The maximum Gasteiger partial charge on any atom is 0.277 e. The molecule has 2 aliphatic heterocycles. The molecule has 4 aromatic rings. The van der Waals surface area contributed by atoms with Crippen molar-refractivity contribution in [3.63, 3.8) is 0 Å². The molecule has 1 unspecified atom stereocenters. The molecule has 1 amide bonds. The number of para-hydroxylation sites is 2. The second-order valence-corrected chi connectivity index (χ2v) is 10.7. The quantitative estimate of drug-likeness (QED) is 0.402. The van der Waals surface area contributed by atoms with E-state index in [1.807, 2.05) is 6.92 Å². The van der Waals surface area contributed by atoms with Gasteiger partial charge in [-0.1, -0.05) is 17.3 Å². The molecule has 2 aliphatic rings. The highest BCUT2D eigenvalue weighted by atomic mass is 32.2. The van der Waals surface area contributed by atoms with Gasteiger partial charge in [-0.05, 0) is 61.5 Å². The molecule has 0 radical (unpaired) electrons. The van der Waals surface area contributed by atoms with Gasteiger partial charge in [0.25, 0.3) is 15.9 Å². The number of nitrogens with one attached hydrogen (secondary N) is 1. The predicted molar refractivity (Wildman–Crippen MR) is 138 cm³/mol. The summed E-state index contributed by atoms with van der Waals surface area (Å²) in [5, 5.41) is 6.59. The van der Waals surface area contributed by atoms with Gasteiger partial charge in [-0.2, -0.15) is 0 Å².